The molecule has 0 radical (unpaired) electrons. The van der Waals surface area contributed by atoms with E-state index in [2.05, 4.69) is 10.1 Å². The molecule has 0 bridgehead atoms. The molecular weight excluding hydrogens is 284 g/mol. The minimum atomic E-state index is -2.86. The molecule has 0 saturated carbocycles. The van der Waals surface area contributed by atoms with Crippen LogP contribution in [0.2, 0.25) is 0 Å². The SMILES string of the molecule is CCOC(=O)CCC(=O)NCc1ccc(OC(F)F)cc1. The summed E-state index contributed by atoms with van der Waals surface area (Å²) in [5, 5.41) is 2.62. The zero-order valence-corrected chi connectivity index (χ0v) is 11.6. The first-order chi connectivity index (χ1) is 10.0. The van der Waals surface area contributed by atoms with Crippen molar-refractivity contribution in [2.45, 2.75) is 32.9 Å². The van der Waals surface area contributed by atoms with E-state index in [1.165, 1.54) is 12.1 Å². The first kappa shape index (κ1) is 16.9. The van der Waals surface area contributed by atoms with Gasteiger partial charge < -0.3 is 14.8 Å². The Hall–Kier alpha value is -2.18. The van der Waals surface area contributed by atoms with Crippen LogP contribution in [-0.4, -0.2) is 25.1 Å². The van der Waals surface area contributed by atoms with Crippen molar-refractivity contribution in [1.82, 2.24) is 5.32 Å². The smallest absolute Gasteiger partial charge is 0.387 e. The maximum atomic E-state index is 12.0. The van der Waals surface area contributed by atoms with E-state index in [0.29, 0.717) is 0 Å². The van der Waals surface area contributed by atoms with Crippen LogP contribution in [-0.2, 0) is 20.9 Å². The third kappa shape index (κ3) is 7.24. The van der Waals surface area contributed by atoms with Gasteiger partial charge in [-0.15, -0.1) is 0 Å². The molecule has 7 heteroatoms. The van der Waals surface area contributed by atoms with Gasteiger partial charge in [0.25, 0.3) is 0 Å². The number of carbonyl (C=O) groups excluding carboxylic acids is 2. The number of benzene rings is 1. The normalized spacial score (nSPS) is 10.3. The Bertz CT molecular complexity index is 463. The molecule has 1 aromatic rings. The number of amides is 1. The summed E-state index contributed by atoms with van der Waals surface area (Å²) in [6, 6.07) is 5.94. The van der Waals surface area contributed by atoms with Crippen LogP contribution in [0.1, 0.15) is 25.3 Å². The topological polar surface area (TPSA) is 64.6 Å². The monoisotopic (exact) mass is 301 g/mol. The highest BCUT2D eigenvalue weighted by molar-refractivity contribution is 5.81. The second-order valence-electron chi connectivity index (χ2n) is 4.10. The fourth-order valence-electron chi connectivity index (χ4n) is 1.53. The number of hydrogen-bond acceptors (Lipinski definition) is 4. The second kappa shape index (κ2) is 8.89. The molecule has 116 valence electrons. The summed E-state index contributed by atoms with van der Waals surface area (Å²) in [6.07, 6.45) is 0.0756. The third-order valence-corrected chi connectivity index (χ3v) is 2.50. The predicted octanol–water partition coefficient (Wildman–Crippen LogP) is 2.25. The molecule has 0 aliphatic heterocycles. The highest BCUT2D eigenvalue weighted by Crippen LogP contribution is 2.14. The number of rotatable bonds is 8. The van der Waals surface area contributed by atoms with Gasteiger partial charge in [0.05, 0.1) is 13.0 Å². The zero-order chi connectivity index (χ0) is 15.7. The van der Waals surface area contributed by atoms with Crippen molar-refractivity contribution in [2.75, 3.05) is 6.61 Å². The first-order valence-corrected chi connectivity index (χ1v) is 6.47. The Morgan fingerprint density at radius 2 is 1.86 bits per heavy atom. The molecule has 0 aromatic heterocycles. The number of carbonyl (C=O) groups is 2. The van der Waals surface area contributed by atoms with Crippen LogP contribution < -0.4 is 10.1 Å². The average Bonchev–Trinajstić information content (AvgIpc) is 2.44. The lowest BCUT2D eigenvalue weighted by molar-refractivity contribution is -0.144. The summed E-state index contributed by atoms with van der Waals surface area (Å²) in [5.74, 6) is -0.639. The van der Waals surface area contributed by atoms with E-state index in [0.717, 1.165) is 5.56 Å². The highest BCUT2D eigenvalue weighted by atomic mass is 19.3. The minimum Gasteiger partial charge on any atom is -0.466 e. The molecule has 0 spiro atoms. The Labute approximate surface area is 121 Å². The highest BCUT2D eigenvalue weighted by Gasteiger charge is 2.08. The summed E-state index contributed by atoms with van der Waals surface area (Å²) >= 11 is 0. The number of alkyl halides is 2. The fraction of sp³-hybridized carbons (Fsp3) is 0.429. The van der Waals surface area contributed by atoms with Gasteiger partial charge in [0.15, 0.2) is 0 Å². The quantitative estimate of drug-likeness (QED) is 0.748. The lowest BCUT2D eigenvalue weighted by Gasteiger charge is -2.07. The van der Waals surface area contributed by atoms with Gasteiger partial charge in [0.1, 0.15) is 5.75 Å². The second-order valence-corrected chi connectivity index (χ2v) is 4.10. The van der Waals surface area contributed by atoms with Crippen molar-refractivity contribution >= 4 is 11.9 Å². The van der Waals surface area contributed by atoms with Crippen LogP contribution in [0.15, 0.2) is 24.3 Å². The van der Waals surface area contributed by atoms with Crippen LogP contribution in [0.25, 0.3) is 0 Å². The molecule has 0 aliphatic rings. The van der Waals surface area contributed by atoms with Crippen molar-refractivity contribution in [3.05, 3.63) is 29.8 Å². The molecule has 1 rings (SSSR count). The number of halogens is 2. The molecule has 5 nitrogen and oxygen atoms in total. The summed E-state index contributed by atoms with van der Waals surface area (Å²) in [6.45, 7) is -0.637. The minimum absolute atomic E-state index is 0.0286. The van der Waals surface area contributed by atoms with Crippen LogP contribution in [0.3, 0.4) is 0 Å². The summed E-state index contributed by atoms with van der Waals surface area (Å²) < 4.78 is 32.8. The fourth-order valence-corrected chi connectivity index (χ4v) is 1.53. The van der Waals surface area contributed by atoms with E-state index in [9.17, 15) is 18.4 Å². The Morgan fingerprint density at radius 1 is 1.19 bits per heavy atom. The molecule has 1 N–H and O–H groups in total. The van der Waals surface area contributed by atoms with Crippen molar-refractivity contribution < 1.29 is 27.8 Å². The predicted molar refractivity (Wildman–Crippen MR) is 70.8 cm³/mol. The Morgan fingerprint density at radius 3 is 2.43 bits per heavy atom. The number of nitrogens with one attached hydrogen (secondary N) is 1. The van der Waals surface area contributed by atoms with Crippen LogP contribution in [0, 0.1) is 0 Å². The lowest BCUT2D eigenvalue weighted by Crippen LogP contribution is -2.23. The molecule has 1 aromatic carbocycles. The van der Waals surface area contributed by atoms with Gasteiger partial charge in [-0.25, -0.2) is 0 Å². The van der Waals surface area contributed by atoms with Crippen molar-refractivity contribution in [3.8, 4) is 5.75 Å². The third-order valence-electron chi connectivity index (χ3n) is 2.50. The van der Waals surface area contributed by atoms with E-state index in [-0.39, 0.29) is 37.6 Å². The maximum absolute atomic E-state index is 12.0. The molecular formula is C14H17F2NO4. The van der Waals surface area contributed by atoms with E-state index in [1.807, 2.05) is 0 Å². The summed E-state index contributed by atoms with van der Waals surface area (Å²) in [4.78, 5) is 22.6. The Kier molecular flexibility index (Phi) is 7.14. The van der Waals surface area contributed by atoms with E-state index >= 15 is 0 Å². The molecule has 0 fully saturated rings. The van der Waals surface area contributed by atoms with Crippen LogP contribution in [0.4, 0.5) is 8.78 Å². The van der Waals surface area contributed by atoms with E-state index < -0.39 is 12.6 Å². The van der Waals surface area contributed by atoms with Gasteiger partial charge in [0, 0.05) is 13.0 Å². The summed E-state index contributed by atoms with van der Waals surface area (Å²) in [7, 11) is 0. The van der Waals surface area contributed by atoms with Gasteiger partial charge in [-0.2, -0.15) is 8.78 Å². The maximum Gasteiger partial charge on any atom is 0.387 e. The zero-order valence-electron chi connectivity index (χ0n) is 11.6. The Balaban J connectivity index is 2.31. The standard InChI is InChI=1S/C14H17F2NO4/c1-2-20-13(19)8-7-12(18)17-9-10-3-5-11(6-4-10)21-14(15)16/h3-6,14H,2,7-9H2,1H3,(H,17,18). The molecule has 0 unspecified atom stereocenters. The van der Waals surface area contributed by atoms with Crippen molar-refractivity contribution in [1.29, 1.82) is 0 Å². The van der Waals surface area contributed by atoms with Gasteiger partial charge in [0.2, 0.25) is 5.91 Å². The number of ether oxygens (including phenoxy) is 2. The molecule has 0 saturated heterocycles. The van der Waals surface area contributed by atoms with Crippen LogP contribution >= 0.6 is 0 Å². The average molecular weight is 301 g/mol. The van der Waals surface area contributed by atoms with E-state index in [4.69, 9.17) is 4.74 Å². The van der Waals surface area contributed by atoms with Gasteiger partial charge in [-0.05, 0) is 24.6 Å². The van der Waals surface area contributed by atoms with Gasteiger partial charge >= 0.3 is 12.6 Å². The summed E-state index contributed by atoms with van der Waals surface area (Å²) in [5.41, 5.74) is 0.737. The van der Waals surface area contributed by atoms with Crippen LogP contribution in [0.5, 0.6) is 5.75 Å². The molecule has 0 atom stereocenters. The molecule has 0 heterocycles. The van der Waals surface area contributed by atoms with Crippen molar-refractivity contribution in [2.24, 2.45) is 0 Å². The first-order valence-electron chi connectivity index (χ1n) is 6.47. The number of esters is 1. The van der Waals surface area contributed by atoms with Gasteiger partial charge in [-0.3, -0.25) is 9.59 Å². The van der Waals surface area contributed by atoms with Crippen molar-refractivity contribution in [3.63, 3.8) is 0 Å². The molecule has 0 aliphatic carbocycles. The van der Waals surface area contributed by atoms with Gasteiger partial charge in [-0.1, -0.05) is 12.1 Å². The lowest BCUT2D eigenvalue weighted by atomic mass is 10.2. The molecule has 21 heavy (non-hydrogen) atoms. The van der Waals surface area contributed by atoms with E-state index in [1.54, 1.807) is 19.1 Å². The molecule has 1 amide bonds. The number of hydrogen-bond donors (Lipinski definition) is 1. The largest absolute Gasteiger partial charge is 0.466 e.